The highest BCUT2D eigenvalue weighted by Crippen LogP contribution is 2.33. The van der Waals surface area contributed by atoms with Crippen molar-refractivity contribution in [3.05, 3.63) is 65.6 Å². The molecule has 0 unspecified atom stereocenters. The van der Waals surface area contributed by atoms with E-state index >= 15 is 0 Å². The normalized spacial score (nSPS) is 11.8. The first-order valence-corrected chi connectivity index (χ1v) is 7.23. The smallest absolute Gasteiger partial charge is 0.327 e. The maximum Gasteiger partial charge on any atom is 0.416 e. The average Bonchev–Trinajstić information content (AvgIpc) is 2.89. The van der Waals surface area contributed by atoms with E-state index in [1.165, 1.54) is 0 Å². The molecule has 0 bridgehead atoms. The largest absolute Gasteiger partial charge is 0.416 e. The Morgan fingerprint density at radius 2 is 1.67 bits per heavy atom. The summed E-state index contributed by atoms with van der Waals surface area (Å²) < 4.78 is 53.8. The van der Waals surface area contributed by atoms with E-state index in [0.717, 1.165) is 29.0 Å². The fourth-order valence-corrected chi connectivity index (χ4v) is 2.53. The minimum absolute atomic E-state index is 0.0314. The van der Waals surface area contributed by atoms with E-state index < -0.39 is 17.6 Å². The Labute approximate surface area is 136 Å². The Bertz CT molecular complexity index is 877. The lowest BCUT2D eigenvalue weighted by Gasteiger charge is -2.10. The number of aromatic nitrogens is 2. The quantitative estimate of drug-likeness (QED) is 0.588. The van der Waals surface area contributed by atoms with Crippen molar-refractivity contribution in [2.24, 2.45) is 7.05 Å². The summed E-state index contributed by atoms with van der Waals surface area (Å²) in [6.07, 6.45) is -2.99. The lowest BCUT2D eigenvalue weighted by Crippen LogP contribution is -2.06. The molecule has 0 aliphatic carbocycles. The second kappa shape index (κ2) is 5.78. The zero-order valence-electron chi connectivity index (χ0n) is 13.0. The third-order valence-electron chi connectivity index (χ3n) is 3.87. The lowest BCUT2D eigenvalue weighted by atomic mass is 10.1. The van der Waals surface area contributed by atoms with Crippen LogP contribution < -0.4 is 0 Å². The van der Waals surface area contributed by atoms with Gasteiger partial charge >= 0.3 is 6.18 Å². The number of alkyl halides is 3. The number of rotatable bonds is 2. The number of hydrogen-bond acceptors (Lipinski definition) is 1. The van der Waals surface area contributed by atoms with Crippen LogP contribution >= 0.6 is 0 Å². The van der Waals surface area contributed by atoms with Gasteiger partial charge in [-0.1, -0.05) is 29.8 Å². The van der Waals surface area contributed by atoms with E-state index in [9.17, 15) is 17.6 Å². The van der Waals surface area contributed by atoms with Gasteiger partial charge in [0.15, 0.2) is 0 Å². The van der Waals surface area contributed by atoms with E-state index in [-0.39, 0.29) is 11.4 Å². The second-order valence-corrected chi connectivity index (χ2v) is 5.58. The van der Waals surface area contributed by atoms with Gasteiger partial charge in [0.05, 0.1) is 23.0 Å². The summed E-state index contributed by atoms with van der Waals surface area (Å²) in [5, 5.41) is 0. The molecular weight excluding hydrogens is 320 g/mol. The van der Waals surface area contributed by atoms with Gasteiger partial charge < -0.3 is 4.57 Å². The first-order chi connectivity index (χ1) is 11.3. The van der Waals surface area contributed by atoms with E-state index in [4.69, 9.17) is 0 Å². The van der Waals surface area contributed by atoms with Gasteiger partial charge in [0.25, 0.3) is 0 Å². The number of aryl methyl sites for hydroxylation is 1. The fraction of sp³-hybridized carbons (Fsp3) is 0.167. The summed E-state index contributed by atoms with van der Waals surface area (Å²) in [5.41, 5.74) is 1.77. The molecule has 2 aromatic carbocycles. The molecule has 3 aromatic rings. The second-order valence-electron chi connectivity index (χ2n) is 5.58. The number of halogens is 4. The van der Waals surface area contributed by atoms with Crippen LogP contribution in [0.5, 0.6) is 0 Å². The molecule has 0 atom stereocenters. The fourth-order valence-electron chi connectivity index (χ4n) is 2.53. The topological polar surface area (TPSA) is 17.8 Å². The summed E-state index contributed by atoms with van der Waals surface area (Å²) in [4.78, 5) is 4.18. The lowest BCUT2D eigenvalue weighted by molar-refractivity contribution is -0.137. The zero-order valence-corrected chi connectivity index (χ0v) is 13.0. The Balaban J connectivity index is 2.04. The molecule has 0 aliphatic rings. The number of benzene rings is 2. The van der Waals surface area contributed by atoms with Crippen LogP contribution in [0.25, 0.3) is 22.6 Å². The maximum absolute atomic E-state index is 14.2. The van der Waals surface area contributed by atoms with Gasteiger partial charge in [0.2, 0.25) is 0 Å². The van der Waals surface area contributed by atoms with Gasteiger partial charge in [-0.2, -0.15) is 13.2 Å². The molecule has 0 N–H and O–H groups in total. The molecule has 124 valence electrons. The highest BCUT2D eigenvalue weighted by atomic mass is 19.4. The molecule has 0 radical (unpaired) electrons. The van der Waals surface area contributed by atoms with Crippen molar-refractivity contribution in [2.75, 3.05) is 0 Å². The third-order valence-corrected chi connectivity index (χ3v) is 3.87. The molecule has 3 rings (SSSR count). The molecule has 0 amide bonds. The predicted octanol–water partition coefficient (Wildman–Crippen LogP) is 5.22. The van der Waals surface area contributed by atoms with Crippen LogP contribution in [0, 0.1) is 12.7 Å². The molecule has 0 saturated heterocycles. The van der Waals surface area contributed by atoms with E-state index in [1.54, 1.807) is 17.8 Å². The molecular formula is C18H14F4N2. The highest BCUT2D eigenvalue weighted by molar-refractivity contribution is 5.66. The zero-order chi connectivity index (χ0) is 17.5. The average molecular weight is 334 g/mol. The van der Waals surface area contributed by atoms with Crippen LogP contribution in [0.3, 0.4) is 0 Å². The van der Waals surface area contributed by atoms with Crippen molar-refractivity contribution in [1.29, 1.82) is 0 Å². The standard InChI is InChI=1S/C18H14F4N2/c1-11-3-5-12(6-4-11)16-10-23-17(24(16)2)14-8-7-13(9-15(14)19)18(20,21)22/h3-10H,1-2H3. The van der Waals surface area contributed by atoms with Crippen LogP contribution in [-0.2, 0) is 13.2 Å². The van der Waals surface area contributed by atoms with Gasteiger partial charge in [0, 0.05) is 7.05 Å². The van der Waals surface area contributed by atoms with Gasteiger partial charge in [-0.15, -0.1) is 0 Å². The van der Waals surface area contributed by atoms with Gasteiger partial charge in [-0.05, 0) is 30.7 Å². The van der Waals surface area contributed by atoms with Gasteiger partial charge in [-0.25, -0.2) is 9.37 Å². The maximum atomic E-state index is 14.2. The van der Waals surface area contributed by atoms with Crippen molar-refractivity contribution < 1.29 is 17.6 Å². The monoisotopic (exact) mass is 334 g/mol. The van der Waals surface area contributed by atoms with Crippen LogP contribution in [0.2, 0.25) is 0 Å². The minimum atomic E-state index is -4.58. The molecule has 0 saturated carbocycles. The molecule has 0 fully saturated rings. The SMILES string of the molecule is Cc1ccc(-c2cnc(-c3ccc(C(F)(F)F)cc3F)n2C)cc1. The molecule has 6 heteroatoms. The minimum Gasteiger partial charge on any atom is -0.327 e. The Kier molecular flexibility index (Phi) is 3.91. The summed E-state index contributed by atoms with van der Waals surface area (Å²) >= 11 is 0. The summed E-state index contributed by atoms with van der Waals surface area (Å²) in [5.74, 6) is -0.675. The van der Waals surface area contributed by atoms with Crippen LogP contribution in [0.15, 0.2) is 48.7 Å². The number of hydrogen-bond donors (Lipinski definition) is 0. The van der Waals surface area contributed by atoms with Crippen LogP contribution in [-0.4, -0.2) is 9.55 Å². The highest BCUT2D eigenvalue weighted by Gasteiger charge is 2.31. The number of imidazole rings is 1. The first kappa shape index (κ1) is 16.2. The van der Waals surface area contributed by atoms with E-state index in [2.05, 4.69) is 4.98 Å². The Morgan fingerprint density at radius 1 is 1.00 bits per heavy atom. The van der Waals surface area contributed by atoms with Crippen molar-refractivity contribution >= 4 is 0 Å². The van der Waals surface area contributed by atoms with Crippen molar-refractivity contribution in [3.63, 3.8) is 0 Å². The van der Waals surface area contributed by atoms with Gasteiger partial charge in [-0.3, -0.25) is 0 Å². The molecule has 24 heavy (non-hydrogen) atoms. The summed E-state index contributed by atoms with van der Waals surface area (Å²) in [7, 11) is 1.70. The molecule has 1 aromatic heterocycles. The van der Waals surface area contributed by atoms with Crippen LogP contribution in [0.4, 0.5) is 17.6 Å². The predicted molar refractivity (Wildman–Crippen MR) is 83.8 cm³/mol. The summed E-state index contributed by atoms with van der Waals surface area (Å²) in [6.45, 7) is 1.97. The molecule has 1 heterocycles. The van der Waals surface area contributed by atoms with E-state index in [1.807, 2.05) is 31.2 Å². The first-order valence-electron chi connectivity index (χ1n) is 7.23. The van der Waals surface area contributed by atoms with Crippen molar-refractivity contribution in [3.8, 4) is 22.6 Å². The van der Waals surface area contributed by atoms with Gasteiger partial charge in [0.1, 0.15) is 11.6 Å². The Morgan fingerprint density at radius 3 is 2.25 bits per heavy atom. The third kappa shape index (κ3) is 2.91. The molecule has 0 spiro atoms. The summed E-state index contributed by atoms with van der Waals surface area (Å²) in [6, 6.07) is 10.2. The molecule has 2 nitrogen and oxygen atoms in total. The van der Waals surface area contributed by atoms with E-state index in [0.29, 0.717) is 6.07 Å². The van der Waals surface area contributed by atoms with Crippen LogP contribution in [0.1, 0.15) is 11.1 Å². The Hall–Kier alpha value is -2.63. The van der Waals surface area contributed by atoms with Crippen molar-refractivity contribution in [1.82, 2.24) is 9.55 Å². The molecule has 0 aliphatic heterocycles. The number of nitrogens with zero attached hydrogens (tertiary/aromatic N) is 2. The van der Waals surface area contributed by atoms with Crippen molar-refractivity contribution in [2.45, 2.75) is 13.1 Å².